The summed E-state index contributed by atoms with van der Waals surface area (Å²) in [6.45, 7) is 2.43. The standard InChI is InChI=1S/C25H19N3O2/c1-17-12-13-22-21(14-17)20(15-23(29)30-22)16-28-25(19-10-6-3-7-11-19)24(26-27-28)18-8-4-2-5-9-18/h2-15H,16H2,1H3. The summed E-state index contributed by atoms with van der Waals surface area (Å²) in [4.78, 5) is 12.1. The van der Waals surface area contributed by atoms with Gasteiger partial charge in [0.1, 0.15) is 11.3 Å². The highest BCUT2D eigenvalue weighted by Gasteiger charge is 2.18. The zero-order valence-electron chi connectivity index (χ0n) is 16.4. The fraction of sp³-hybridized carbons (Fsp3) is 0.0800. The summed E-state index contributed by atoms with van der Waals surface area (Å²) in [5.41, 5.74) is 5.90. The molecular weight excluding hydrogens is 374 g/mol. The van der Waals surface area contributed by atoms with Gasteiger partial charge in [0, 0.05) is 22.6 Å². The van der Waals surface area contributed by atoms with Crippen LogP contribution in [0.3, 0.4) is 0 Å². The largest absolute Gasteiger partial charge is 0.423 e. The summed E-state index contributed by atoms with van der Waals surface area (Å²) in [5.74, 6) is 0. The van der Waals surface area contributed by atoms with Gasteiger partial charge in [-0.3, -0.25) is 0 Å². The monoisotopic (exact) mass is 393 g/mol. The van der Waals surface area contributed by atoms with Crippen LogP contribution in [0.5, 0.6) is 0 Å². The van der Waals surface area contributed by atoms with E-state index in [-0.39, 0.29) is 5.63 Å². The minimum absolute atomic E-state index is 0.369. The summed E-state index contributed by atoms with van der Waals surface area (Å²) in [5, 5.41) is 9.86. The number of aryl methyl sites for hydroxylation is 1. The van der Waals surface area contributed by atoms with E-state index in [1.165, 1.54) is 0 Å². The zero-order valence-corrected chi connectivity index (χ0v) is 16.4. The molecule has 0 radical (unpaired) electrons. The Balaban J connectivity index is 1.70. The predicted octanol–water partition coefficient (Wildman–Crippen LogP) is 5.08. The lowest BCUT2D eigenvalue weighted by Gasteiger charge is -2.10. The second kappa shape index (κ2) is 7.44. The Labute approximate surface area is 173 Å². The van der Waals surface area contributed by atoms with Gasteiger partial charge in [-0.05, 0) is 24.6 Å². The minimum Gasteiger partial charge on any atom is -0.423 e. The highest BCUT2D eigenvalue weighted by Crippen LogP contribution is 2.31. The lowest BCUT2D eigenvalue weighted by molar-refractivity contribution is 0.555. The number of benzene rings is 3. The molecule has 5 nitrogen and oxygen atoms in total. The molecule has 0 fully saturated rings. The van der Waals surface area contributed by atoms with E-state index in [4.69, 9.17) is 4.42 Å². The maximum absolute atomic E-state index is 12.1. The van der Waals surface area contributed by atoms with Crippen LogP contribution in [0.4, 0.5) is 0 Å². The number of aromatic nitrogens is 3. The fourth-order valence-electron chi connectivity index (χ4n) is 3.73. The van der Waals surface area contributed by atoms with Crippen LogP contribution in [0.15, 0.2) is 94.1 Å². The number of fused-ring (bicyclic) bond motifs is 1. The summed E-state index contributed by atoms with van der Waals surface area (Å²) in [6.07, 6.45) is 0. The van der Waals surface area contributed by atoms with Crippen molar-refractivity contribution in [2.24, 2.45) is 0 Å². The van der Waals surface area contributed by atoms with Gasteiger partial charge in [-0.25, -0.2) is 9.48 Å². The van der Waals surface area contributed by atoms with E-state index in [1.807, 2.05) is 90.5 Å². The Hall–Kier alpha value is -3.99. The van der Waals surface area contributed by atoms with E-state index in [0.717, 1.165) is 39.0 Å². The highest BCUT2D eigenvalue weighted by molar-refractivity contribution is 5.82. The molecule has 30 heavy (non-hydrogen) atoms. The SMILES string of the molecule is Cc1ccc2oc(=O)cc(Cn3nnc(-c4ccccc4)c3-c3ccccc3)c2c1. The number of rotatable bonds is 4. The van der Waals surface area contributed by atoms with Crippen molar-refractivity contribution in [1.29, 1.82) is 0 Å². The molecule has 0 N–H and O–H groups in total. The summed E-state index contributed by atoms with van der Waals surface area (Å²) in [6, 6.07) is 27.4. The smallest absolute Gasteiger partial charge is 0.336 e. The Bertz CT molecular complexity index is 1390. The zero-order chi connectivity index (χ0) is 20.5. The average Bonchev–Trinajstić information content (AvgIpc) is 3.19. The number of hydrogen-bond donors (Lipinski definition) is 0. The Morgan fingerprint density at radius 2 is 1.57 bits per heavy atom. The molecule has 146 valence electrons. The van der Waals surface area contributed by atoms with Gasteiger partial charge in [0.15, 0.2) is 0 Å². The van der Waals surface area contributed by atoms with Crippen molar-refractivity contribution < 1.29 is 4.42 Å². The van der Waals surface area contributed by atoms with Gasteiger partial charge in [0.05, 0.1) is 12.2 Å². The molecule has 3 aromatic carbocycles. The number of hydrogen-bond acceptors (Lipinski definition) is 4. The Morgan fingerprint density at radius 1 is 0.867 bits per heavy atom. The lowest BCUT2D eigenvalue weighted by Crippen LogP contribution is -2.08. The van der Waals surface area contributed by atoms with Crippen LogP contribution in [0, 0.1) is 6.92 Å². The number of nitrogens with zero attached hydrogens (tertiary/aromatic N) is 3. The van der Waals surface area contributed by atoms with Gasteiger partial charge in [0.25, 0.3) is 0 Å². The van der Waals surface area contributed by atoms with Gasteiger partial charge >= 0.3 is 5.63 Å². The molecule has 0 aliphatic carbocycles. The minimum atomic E-state index is -0.369. The third kappa shape index (κ3) is 3.31. The second-order valence-corrected chi connectivity index (χ2v) is 7.27. The first-order valence-corrected chi connectivity index (χ1v) is 9.77. The lowest BCUT2D eigenvalue weighted by atomic mass is 10.0. The van der Waals surface area contributed by atoms with E-state index >= 15 is 0 Å². The van der Waals surface area contributed by atoms with E-state index in [0.29, 0.717) is 12.1 Å². The van der Waals surface area contributed by atoms with Crippen LogP contribution in [0.2, 0.25) is 0 Å². The van der Waals surface area contributed by atoms with Crippen LogP contribution in [-0.2, 0) is 6.54 Å². The van der Waals surface area contributed by atoms with Crippen LogP contribution in [-0.4, -0.2) is 15.0 Å². The first-order valence-electron chi connectivity index (χ1n) is 9.77. The predicted molar refractivity (Wildman–Crippen MR) is 117 cm³/mol. The molecule has 0 saturated heterocycles. The van der Waals surface area contributed by atoms with Crippen molar-refractivity contribution in [3.05, 3.63) is 106 Å². The van der Waals surface area contributed by atoms with Crippen molar-refractivity contribution in [1.82, 2.24) is 15.0 Å². The first-order chi connectivity index (χ1) is 14.7. The highest BCUT2D eigenvalue weighted by atomic mass is 16.4. The van der Waals surface area contributed by atoms with E-state index in [9.17, 15) is 4.79 Å². The van der Waals surface area contributed by atoms with Crippen LogP contribution in [0.1, 0.15) is 11.1 Å². The van der Waals surface area contributed by atoms with Crippen molar-refractivity contribution in [2.75, 3.05) is 0 Å². The topological polar surface area (TPSA) is 60.9 Å². The third-order valence-corrected chi connectivity index (χ3v) is 5.13. The maximum Gasteiger partial charge on any atom is 0.336 e. The van der Waals surface area contributed by atoms with E-state index in [1.54, 1.807) is 6.07 Å². The normalized spacial score (nSPS) is 11.1. The molecule has 0 amide bonds. The van der Waals surface area contributed by atoms with E-state index in [2.05, 4.69) is 10.3 Å². The molecule has 0 aliphatic heterocycles. The molecule has 5 rings (SSSR count). The van der Waals surface area contributed by atoms with E-state index < -0.39 is 0 Å². The van der Waals surface area contributed by atoms with Crippen molar-refractivity contribution in [3.63, 3.8) is 0 Å². The first kappa shape index (κ1) is 18.1. The maximum atomic E-state index is 12.1. The Morgan fingerprint density at radius 3 is 2.30 bits per heavy atom. The third-order valence-electron chi connectivity index (χ3n) is 5.13. The quantitative estimate of drug-likeness (QED) is 0.400. The van der Waals surface area contributed by atoms with Gasteiger partial charge in [-0.1, -0.05) is 77.5 Å². The molecule has 0 bridgehead atoms. The van der Waals surface area contributed by atoms with Crippen LogP contribution < -0.4 is 5.63 Å². The van der Waals surface area contributed by atoms with Crippen molar-refractivity contribution in [3.8, 4) is 22.5 Å². The molecule has 0 saturated carbocycles. The van der Waals surface area contributed by atoms with Crippen molar-refractivity contribution in [2.45, 2.75) is 13.5 Å². The van der Waals surface area contributed by atoms with Gasteiger partial charge in [-0.2, -0.15) is 0 Å². The fourth-order valence-corrected chi connectivity index (χ4v) is 3.73. The molecule has 0 spiro atoms. The molecule has 5 heteroatoms. The molecule has 0 unspecified atom stereocenters. The van der Waals surface area contributed by atoms with Crippen molar-refractivity contribution >= 4 is 11.0 Å². The second-order valence-electron chi connectivity index (χ2n) is 7.27. The molecule has 5 aromatic rings. The molecular formula is C25H19N3O2. The molecule has 2 aromatic heterocycles. The Kier molecular flexibility index (Phi) is 4.48. The van der Waals surface area contributed by atoms with Crippen LogP contribution in [0.25, 0.3) is 33.5 Å². The summed E-state index contributed by atoms with van der Waals surface area (Å²) >= 11 is 0. The average molecular weight is 393 g/mol. The molecule has 0 aliphatic rings. The van der Waals surface area contributed by atoms with Gasteiger partial charge < -0.3 is 4.42 Å². The molecule has 0 atom stereocenters. The van der Waals surface area contributed by atoms with Crippen LogP contribution >= 0.6 is 0 Å². The summed E-state index contributed by atoms with van der Waals surface area (Å²) in [7, 11) is 0. The van der Waals surface area contributed by atoms with Gasteiger partial charge in [-0.15, -0.1) is 5.10 Å². The molecule has 2 heterocycles. The summed E-state index contributed by atoms with van der Waals surface area (Å²) < 4.78 is 7.24. The van der Waals surface area contributed by atoms with Gasteiger partial charge in [0.2, 0.25) is 0 Å².